The summed E-state index contributed by atoms with van der Waals surface area (Å²) in [5.74, 6) is -0.643. The largest absolute Gasteiger partial charge is 0.445 e. The van der Waals surface area contributed by atoms with E-state index in [4.69, 9.17) is 10.5 Å². The lowest BCUT2D eigenvalue weighted by Crippen LogP contribution is -2.52. The molecule has 2 atom stereocenters. The lowest BCUT2D eigenvalue weighted by Gasteiger charge is -2.24. The number of alkyl carbamates (subject to hydrolysis) is 1. The minimum Gasteiger partial charge on any atom is -0.445 e. The molecule has 0 saturated carbocycles. The number of rotatable bonds is 15. The Balaban J connectivity index is 2.72. The molecule has 0 radical (unpaired) electrons. The minimum absolute atomic E-state index is 0.0281. The van der Waals surface area contributed by atoms with Crippen molar-refractivity contribution in [3.63, 3.8) is 0 Å². The molecule has 196 valence electrons. The van der Waals surface area contributed by atoms with Crippen LogP contribution in [0.3, 0.4) is 0 Å². The third kappa shape index (κ3) is 12.1. The van der Waals surface area contributed by atoms with E-state index in [-0.39, 0.29) is 30.9 Å². The van der Waals surface area contributed by atoms with Crippen LogP contribution in [0.4, 0.5) is 15.3 Å². The lowest BCUT2D eigenvalue weighted by atomic mass is 10.0. The summed E-state index contributed by atoms with van der Waals surface area (Å²) in [6.07, 6.45) is 0.240. The summed E-state index contributed by atoms with van der Waals surface area (Å²) in [6, 6.07) is 4.93. The number of anilines is 1. The van der Waals surface area contributed by atoms with Gasteiger partial charge < -0.3 is 42.4 Å². The molecule has 0 spiro atoms. The van der Waals surface area contributed by atoms with Gasteiger partial charge in [-0.2, -0.15) is 0 Å². The van der Waals surface area contributed by atoms with E-state index in [1.807, 2.05) is 13.8 Å². The Labute approximate surface area is 206 Å². The van der Waals surface area contributed by atoms with E-state index in [9.17, 15) is 19.2 Å². The number of likely N-dealkylation sites (N-methyl/N-ethyl adjacent to an activating group) is 2. The first-order valence-electron chi connectivity index (χ1n) is 11.6. The maximum absolute atomic E-state index is 12.9. The van der Waals surface area contributed by atoms with Crippen molar-refractivity contribution in [1.82, 2.24) is 26.6 Å². The molecule has 12 heteroatoms. The van der Waals surface area contributed by atoms with E-state index in [1.54, 1.807) is 38.4 Å². The van der Waals surface area contributed by atoms with Crippen LogP contribution in [0.2, 0.25) is 0 Å². The molecule has 0 unspecified atom stereocenters. The summed E-state index contributed by atoms with van der Waals surface area (Å²) in [6.45, 7) is 5.29. The minimum atomic E-state index is -0.809. The fraction of sp³-hybridized carbons (Fsp3) is 0.565. The molecule has 1 aromatic carbocycles. The Morgan fingerprint density at radius 2 is 1.63 bits per heavy atom. The van der Waals surface area contributed by atoms with Crippen LogP contribution in [0.15, 0.2) is 24.3 Å². The maximum Gasteiger partial charge on any atom is 0.407 e. The number of hydrogen-bond donors (Lipinski definition) is 7. The van der Waals surface area contributed by atoms with Crippen molar-refractivity contribution in [2.75, 3.05) is 39.0 Å². The van der Waals surface area contributed by atoms with Gasteiger partial charge in [0.2, 0.25) is 11.8 Å². The zero-order chi connectivity index (χ0) is 26.2. The number of urea groups is 1. The standard InChI is InChI=1S/C23H39N7O5/c1-15(2)19(26-4)21(32)30-18(6-5-11-27-22(24)33)20(31)29-17-9-7-16(8-10-17)14-35-23(34)28-13-12-25-3/h7-10,15,18-19,25-26H,5-6,11-14H2,1-4H3,(H,28,34)(H,29,31)(H,30,32)(H3,24,27,33)/t18-,19-/m0/s1. The summed E-state index contributed by atoms with van der Waals surface area (Å²) < 4.78 is 5.14. The summed E-state index contributed by atoms with van der Waals surface area (Å²) >= 11 is 0. The third-order valence-corrected chi connectivity index (χ3v) is 5.10. The van der Waals surface area contributed by atoms with Gasteiger partial charge in [0.25, 0.3) is 0 Å². The highest BCUT2D eigenvalue weighted by molar-refractivity contribution is 5.97. The number of ether oxygens (including phenoxy) is 1. The molecule has 0 fully saturated rings. The Kier molecular flexibility index (Phi) is 13.8. The average Bonchev–Trinajstić information content (AvgIpc) is 2.80. The van der Waals surface area contributed by atoms with Crippen LogP contribution >= 0.6 is 0 Å². The average molecular weight is 494 g/mol. The van der Waals surface area contributed by atoms with Crippen LogP contribution in [0, 0.1) is 5.92 Å². The van der Waals surface area contributed by atoms with Gasteiger partial charge in [0.1, 0.15) is 12.6 Å². The quantitative estimate of drug-likeness (QED) is 0.171. The molecule has 1 rings (SSSR count). The molecule has 0 heterocycles. The van der Waals surface area contributed by atoms with Gasteiger partial charge in [0.15, 0.2) is 0 Å². The zero-order valence-electron chi connectivity index (χ0n) is 20.9. The highest BCUT2D eigenvalue weighted by atomic mass is 16.5. The Bertz CT molecular complexity index is 817. The van der Waals surface area contributed by atoms with Crippen molar-refractivity contribution in [2.24, 2.45) is 11.7 Å². The molecule has 0 aromatic heterocycles. The number of carbonyl (C=O) groups excluding carboxylic acids is 4. The Morgan fingerprint density at radius 1 is 0.943 bits per heavy atom. The predicted octanol–water partition coefficient (Wildman–Crippen LogP) is 0.248. The van der Waals surface area contributed by atoms with Gasteiger partial charge in [-0.1, -0.05) is 26.0 Å². The van der Waals surface area contributed by atoms with Crippen molar-refractivity contribution in [3.05, 3.63) is 29.8 Å². The molecule has 0 aliphatic rings. The zero-order valence-corrected chi connectivity index (χ0v) is 20.9. The Morgan fingerprint density at radius 3 is 2.20 bits per heavy atom. The van der Waals surface area contributed by atoms with Crippen LogP contribution in [-0.4, -0.2) is 69.8 Å². The molecule has 8 N–H and O–H groups in total. The number of hydrogen-bond acceptors (Lipinski definition) is 7. The van der Waals surface area contributed by atoms with Crippen LogP contribution in [0.25, 0.3) is 0 Å². The molecule has 1 aromatic rings. The molecule has 0 saturated heterocycles. The molecule has 0 aliphatic heterocycles. The Hall–Kier alpha value is -3.38. The predicted molar refractivity (Wildman–Crippen MR) is 134 cm³/mol. The van der Waals surface area contributed by atoms with E-state index >= 15 is 0 Å². The highest BCUT2D eigenvalue weighted by Gasteiger charge is 2.26. The number of carbonyl (C=O) groups is 4. The maximum atomic E-state index is 12.9. The summed E-state index contributed by atoms with van der Waals surface area (Å²) in [5, 5.41) is 16.6. The molecule has 5 amide bonds. The van der Waals surface area contributed by atoms with Crippen molar-refractivity contribution in [3.8, 4) is 0 Å². The van der Waals surface area contributed by atoms with Crippen LogP contribution < -0.4 is 37.6 Å². The van der Waals surface area contributed by atoms with Crippen molar-refractivity contribution >= 4 is 29.6 Å². The molecule has 35 heavy (non-hydrogen) atoms. The number of nitrogens with one attached hydrogen (secondary N) is 6. The molecular weight excluding hydrogens is 454 g/mol. The molecule has 12 nitrogen and oxygen atoms in total. The van der Waals surface area contributed by atoms with Gasteiger partial charge in [-0.25, -0.2) is 9.59 Å². The smallest absolute Gasteiger partial charge is 0.407 e. The first-order chi connectivity index (χ1) is 16.7. The number of amides is 5. The SMILES string of the molecule is CNCCNC(=O)OCc1ccc(NC(=O)[C@H](CCCNC(N)=O)NC(=O)[C@@H](NC)C(C)C)cc1. The van der Waals surface area contributed by atoms with Crippen LogP contribution in [-0.2, 0) is 20.9 Å². The van der Waals surface area contributed by atoms with Crippen molar-refractivity contribution in [1.29, 1.82) is 0 Å². The van der Waals surface area contributed by atoms with E-state index < -0.39 is 24.2 Å². The van der Waals surface area contributed by atoms with E-state index in [0.29, 0.717) is 31.6 Å². The summed E-state index contributed by atoms with van der Waals surface area (Å²) in [4.78, 5) is 48.2. The van der Waals surface area contributed by atoms with Gasteiger partial charge in [0, 0.05) is 25.3 Å². The number of nitrogens with two attached hydrogens (primary N) is 1. The summed E-state index contributed by atoms with van der Waals surface area (Å²) in [7, 11) is 3.48. The van der Waals surface area contributed by atoms with E-state index in [0.717, 1.165) is 5.56 Å². The van der Waals surface area contributed by atoms with Gasteiger partial charge in [0.05, 0.1) is 6.04 Å². The second-order valence-corrected chi connectivity index (χ2v) is 8.30. The monoisotopic (exact) mass is 493 g/mol. The van der Waals surface area contributed by atoms with Crippen LogP contribution in [0.5, 0.6) is 0 Å². The number of benzene rings is 1. The first-order valence-corrected chi connectivity index (χ1v) is 11.6. The second-order valence-electron chi connectivity index (χ2n) is 8.30. The lowest BCUT2D eigenvalue weighted by molar-refractivity contribution is -0.128. The van der Waals surface area contributed by atoms with Gasteiger partial charge >= 0.3 is 12.1 Å². The summed E-state index contributed by atoms with van der Waals surface area (Å²) in [5.41, 5.74) is 6.36. The third-order valence-electron chi connectivity index (χ3n) is 5.10. The fourth-order valence-electron chi connectivity index (χ4n) is 3.22. The normalized spacial score (nSPS) is 12.4. The molecule has 0 bridgehead atoms. The first kappa shape index (κ1) is 29.7. The van der Waals surface area contributed by atoms with Gasteiger partial charge in [-0.3, -0.25) is 9.59 Å². The fourth-order valence-corrected chi connectivity index (χ4v) is 3.22. The van der Waals surface area contributed by atoms with Gasteiger partial charge in [-0.15, -0.1) is 0 Å². The second kappa shape index (κ2) is 16.3. The van der Waals surface area contributed by atoms with E-state index in [2.05, 4.69) is 31.9 Å². The van der Waals surface area contributed by atoms with Gasteiger partial charge in [-0.05, 0) is 50.6 Å². The number of primary amides is 1. The van der Waals surface area contributed by atoms with Crippen molar-refractivity contribution in [2.45, 2.75) is 45.4 Å². The van der Waals surface area contributed by atoms with E-state index in [1.165, 1.54) is 0 Å². The van der Waals surface area contributed by atoms with Crippen molar-refractivity contribution < 1.29 is 23.9 Å². The van der Waals surface area contributed by atoms with Crippen LogP contribution in [0.1, 0.15) is 32.3 Å². The topological polar surface area (TPSA) is 176 Å². The molecule has 0 aliphatic carbocycles. The highest BCUT2D eigenvalue weighted by Crippen LogP contribution is 2.12. The molecular formula is C23H39N7O5.